The third kappa shape index (κ3) is 1.99. The molecule has 0 N–H and O–H groups in total. The number of nitrogens with zero attached hydrogens (tertiary/aromatic N) is 2. The Kier molecular flexibility index (Phi) is 3.79. The lowest BCUT2D eigenvalue weighted by Crippen LogP contribution is -2.52. The second kappa shape index (κ2) is 4.73. The van der Waals surface area contributed by atoms with Crippen LogP contribution >= 0.6 is 0 Å². The smallest absolute Gasteiger partial charge is 0.211 e. The quantitative estimate of drug-likeness (QED) is 0.543. The van der Waals surface area contributed by atoms with E-state index in [4.69, 9.17) is 0 Å². The fourth-order valence-electron chi connectivity index (χ4n) is 2.61. The van der Waals surface area contributed by atoms with Crippen molar-refractivity contribution in [1.82, 2.24) is 0 Å². The van der Waals surface area contributed by atoms with E-state index in [1.807, 2.05) is 0 Å². The van der Waals surface area contributed by atoms with Crippen molar-refractivity contribution in [3.05, 3.63) is 0 Å². The molecule has 0 aromatic rings. The lowest BCUT2D eigenvalue weighted by molar-refractivity contribution is 0.0493. The molecular weight excluding hydrogens is 204 g/mol. The van der Waals surface area contributed by atoms with Gasteiger partial charge >= 0.3 is 0 Å². The predicted octanol–water partition coefficient (Wildman–Crippen LogP) is 2.24. The fraction of sp³-hybridized carbons (Fsp3) is 0.833. The molecule has 0 aromatic heterocycles. The minimum Gasteiger partial charge on any atom is -0.211 e. The summed E-state index contributed by atoms with van der Waals surface area (Å²) in [5.41, 5.74) is -0.729. The average molecular weight is 222 g/mol. The van der Waals surface area contributed by atoms with Crippen molar-refractivity contribution in [1.29, 1.82) is 0 Å². The number of aliphatic imine (C=N–C) groups is 2. The normalized spacial score (nSPS) is 32.3. The summed E-state index contributed by atoms with van der Waals surface area (Å²) < 4.78 is 0. The van der Waals surface area contributed by atoms with Crippen LogP contribution in [0.15, 0.2) is 9.98 Å². The van der Waals surface area contributed by atoms with Gasteiger partial charge in [-0.3, -0.25) is 0 Å². The zero-order valence-electron chi connectivity index (χ0n) is 10.1. The Morgan fingerprint density at radius 2 is 2.00 bits per heavy atom. The van der Waals surface area contributed by atoms with Gasteiger partial charge in [-0.2, -0.15) is 4.99 Å². The maximum atomic E-state index is 10.6. The molecule has 0 aromatic carbocycles. The third-order valence-corrected chi connectivity index (χ3v) is 4.32. The summed E-state index contributed by atoms with van der Waals surface area (Å²) >= 11 is 0. The van der Waals surface area contributed by atoms with Gasteiger partial charge in [-0.25, -0.2) is 14.6 Å². The Morgan fingerprint density at radius 1 is 1.31 bits per heavy atom. The average Bonchev–Trinajstić information content (AvgIpc) is 2.23. The van der Waals surface area contributed by atoms with Gasteiger partial charge in [0.2, 0.25) is 12.2 Å². The summed E-state index contributed by atoms with van der Waals surface area (Å²) in [6, 6.07) is 0. The molecule has 0 radical (unpaired) electrons. The number of hydrogen-bond acceptors (Lipinski definition) is 4. The highest BCUT2D eigenvalue weighted by Gasteiger charge is 2.50. The van der Waals surface area contributed by atoms with Crippen molar-refractivity contribution >= 4 is 12.2 Å². The number of hydrogen-bond donors (Lipinski definition) is 0. The lowest BCUT2D eigenvalue weighted by Gasteiger charge is -2.49. The highest BCUT2D eigenvalue weighted by molar-refractivity contribution is 5.37. The van der Waals surface area contributed by atoms with E-state index >= 15 is 0 Å². The molecule has 4 nitrogen and oxygen atoms in total. The van der Waals surface area contributed by atoms with Gasteiger partial charge in [0.1, 0.15) is 0 Å². The topological polar surface area (TPSA) is 58.9 Å². The monoisotopic (exact) mass is 222 g/mol. The van der Waals surface area contributed by atoms with Crippen LogP contribution < -0.4 is 0 Å². The molecule has 88 valence electrons. The minimum absolute atomic E-state index is 0.150. The first-order chi connectivity index (χ1) is 7.50. The van der Waals surface area contributed by atoms with Gasteiger partial charge < -0.3 is 0 Å². The van der Waals surface area contributed by atoms with Gasteiger partial charge in [0.25, 0.3) is 0 Å². The first-order valence-corrected chi connectivity index (χ1v) is 5.63. The summed E-state index contributed by atoms with van der Waals surface area (Å²) in [7, 11) is 0. The Morgan fingerprint density at radius 3 is 2.56 bits per heavy atom. The molecular formula is C12H18N2O2. The molecule has 2 atom stereocenters. The van der Waals surface area contributed by atoms with Crippen molar-refractivity contribution < 1.29 is 9.59 Å². The maximum Gasteiger partial charge on any atom is 0.235 e. The Bertz CT molecular complexity index is 352. The maximum absolute atomic E-state index is 10.6. The standard InChI is InChI=1S/C12H18N2O2/c1-10-5-4-6-12(14-9-16,7-13-8-15)11(10,2)3/h10H,4-7H2,1-3H3/t10-,12+/m0/s1. The molecule has 0 saturated heterocycles. The van der Waals surface area contributed by atoms with E-state index in [1.54, 1.807) is 6.08 Å². The first-order valence-electron chi connectivity index (χ1n) is 5.63. The Labute approximate surface area is 95.9 Å². The van der Waals surface area contributed by atoms with E-state index < -0.39 is 5.54 Å². The van der Waals surface area contributed by atoms with Crippen LogP contribution in [-0.4, -0.2) is 24.2 Å². The molecule has 1 aliphatic carbocycles. The molecule has 1 aliphatic rings. The molecule has 0 bridgehead atoms. The van der Waals surface area contributed by atoms with E-state index in [9.17, 15) is 9.59 Å². The van der Waals surface area contributed by atoms with Crippen LogP contribution in [-0.2, 0) is 9.59 Å². The molecule has 1 fully saturated rings. The van der Waals surface area contributed by atoms with Crippen molar-refractivity contribution in [2.45, 2.75) is 45.6 Å². The summed E-state index contributed by atoms with van der Waals surface area (Å²) in [6.45, 7) is 6.55. The van der Waals surface area contributed by atoms with Crippen LogP contribution in [0, 0.1) is 11.3 Å². The van der Waals surface area contributed by atoms with Gasteiger partial charge in [-0.15, -0.1) is 0 Å². The minimum atomic E-state index is -0.580. The van der Waals surface area contributed by atoms with Crippen molar-refractivity contribution in [2.75, 3.05) is 6.54 Å². The molecule has 0 heterocycles. The van der Waals surface area contributed by atoms with Crippen LogP contribution in [0.25, 0.3) is 0 Å². The van der Waals surface area contributed by atoms with Crippen molar-refractivity contribution in [3.63, 3.8) is 0 Å². The zero-order chi connectivity index (χ0) is 12.2. The summed E-state index contributed by atoms with van der Waals surface area (Å²) in [6.07, 6.45) is 6.09. The SMILES string of the molecule is C[C@H]1CCC[C@](CN=C=O)(N=C=O)C1(C)C. The highest BCUT2D eigenvalue weighted by Crippen LogP contribution is 2.49. The van der Waals surface area contributed by atoms with E-state index in [0.717, 1.165) is 19.3 Å². The van der Waals surface area contributed by atoms with Crippen LogP contribution in [0.5, 0.6) is 0 Å². The van der Waals surface area contributed by atoms with Gasteiger partial charge in [0, 0.05) is 0 Å². The third-order valence-electron chi connectivity index (χ3n) is 4.32. The predicted molar refractivity (Wildman–Crippen MR) is 60.6 cm³/mol. The number of carbonyl (C=O) groups excluding carboxylic acids is 2. The van der Waals surface area contributed by atoms with E-state index in [-0.39, 0.29) is 12.0 Å². The van der Waals surface area contributed by atoms with E-state index in [1.165, 1.54) is 6.08 Å². The summed E-state index contributed by atoms with van der Waals surface area (Å²) in [5, 5.41) is 0. The first kappa shape index (κ1) is 12.8. The van der Waals surface area contributed by atoms with E-state index in [0.29, 0.717) is 5.92 Å². The molecule has 1 saturated carbocycles. The second-order valence-electron chi connectivity index (χ2n) is 5.16. The van der Waals surface area contributed by atoms with Crippen LogP contribution in [0.3, 0.4) is 0 Å². The van der Waals surface area contributed by atoms with Gasteiger partial charge in [0.05, 0.1) is 12.1 Å². The molecule has 0 unspecified atom stereocenters. The molecule has 4 heteroatoms. The molecule has 16 heavy (non-hydrogen) atoms. The van der Waals surface area contributed by atoms with Crippen LogP contribution in [0.1, 0.15) is 40.0 Å². The Hall–Kier alpha value is -1.24. The second-order valence-corrected chi connectivity index (χ2v) is 5.16. The van der Waals surface area contributed by atoms with Gasteiger partial charge in [-0.05, 0) is 17.8 Å². The Balaban J connectivity index is 3.15. The van der Waals surface area contributed by atoms with Gasteiger partial charge in [0.15, 0.2) is 0 Å². The van der Waals surface area contributed by atoms with Crippen molar-refractivity contribution in [2.24, 2.45) is 21.3 Å². The van der Waals surface area contributed by atoms with Crippen LogP contribution in [0.4, 0.5) is 0 Å². The highest BCUT2D eigenvalue weighted by atomic mass is 16.1. The van der Waals surface area contributed by atoms with Crippen LogP contribution in [0.2, 0.25) is 0 Å². The molecule has 0 aliphatic heterocycles. The molecule has 0 amide bonds. The number of isocyanates is 2. The van der Waals surface area contributed by atoms with Crippen molar-refractivity contribution in [3.8, 4) is 0 Å². The molecule has 1 rings (SSSR count). The van der Waals surface area contributed by atoms with Gasteiger partial charge in [-0.1, -0.05) is 33.6 Å². The zero-order valence-corrected chi connectivity index (χ0v) is 10.1. The largest absolute Gasteiger partial charge is 0.235 e. The van der Waals surface area contributed by atoms with E-state index in [2.05, 4.69) is 30.8 Å². The molecule has 0 spiro atoms. The fourth-order valence-corrected chi connectivity index (χ4v) is 2.61. The summed E-state index contributed by atoms with van der Waals surface area (Å²) in [5.74, 6) is 0.445. The summed E-state index contributed by atoms with van der Waals surface area (Å²) in [4.78, 5) is 28.5. The number of rotatable bonds is 3. The lowest BCUT2D eigenvalue weighted by atomic mass is 9.58.